The molecule has 0 spiro atoms. The number of benzene rings is 1. The Balaban J connectivity index is 1.19. The minimum atomic E-state index is 0.651. The fourth-order valence-corrected chi connectivity index (χ4v) is 3.82. The van der Waals surface area contributed by atoms with Crippen molar-refractivity contribution in [2.75, 3.05) is 5.32 Å². The van der Waals surface area contributed by atoms with Gasteiger partial charge in [0.1, 0.15) is 30.4 Å². The molecule has 0 aliphatic rings. The number of hydrogen-bond acceptors (Lipinski definition) is 7. The summed E-state index contributed by atoms with van der Waals surface area (Å²) in [5.41, 5.74) is 6.75. The van der Waals surface area contributed by atoms with Crippen LogP contribution in [0.1, 0.15) is 5.56 Å². The molecule has 0 atom stereocenters. The molecule has 0 aliphatic heterocycles. The average molecular weight is 448 g/mol. The van der Waals surface area contributed by atoms with E-state index in [2.05, 4.69) is 59.7 Å². The van der Waals surface area contributed by atoms with Crippen molar-refractivity contribution >= 4 is 11.5 Å². The zero-order valence-corrected chi connectivity index (χ0v) is 18.3. The van der Waals surface area contributed by atoms with Gasteiger partial charge in [0.05, 0.1) is 29.5 Å². The highest BCUT2D eigenvalue weighted by Crippen LogP contribution is 2.23. The third-order valence-corrected chi connectivity index (χ3v) is 5.58. The number of aromatic nitrogens is 9. The summed E-state index contributed by atoms with van der Waals surface area (Å²) >= 11 is 0. The maximum Gasteiger partial charge on any atom is 0.139 e. The Kier molecular flexibility index (Phi) is 4.80. The SMILES string of the molecule is Cn1cc(-c2ccc(CNc3cc(-c4cnc5cc(-n6cncn6)ccn45)ncn3)cc2)cn1. The van der Waals surface area contributed by atoms with E-state index in [1.807, 2.05) is 54.4 Å². The Labute approximate surface area is 194 Å². The van der Waals surface area contributed by atoms with Crippen LogP contribution in [0.5, 0.6) is 0 Å². The van der Waals surface area contributed by atoms with Crippen LogP contribution in [0, 0.1) is 0 Å². The van der Waals surface area contributed by atoms with Crippen molar-refractivity contribution in [1.29, 1.82) is 0 Å². The summed E-state index contributed by atoms with van der Waals surface area (Å²) in [6.45, 7) is 0.651. The zero-order valence-electron chi connectivity index (χ0n) is 18.3. The molecule has 0 unspecified atom stereocenters. The summed E-state index contributed by atoms with van der Waals surface area (Å²) in [7, 11) is 1.92. The van der Waals surface area contributed by atoms with Crippen LogP contribution < -0.4 is 5.32 Å². The summed E-state index contributed by atoms with van der Waals surface area (Å²) < 4.78 is 5.49. The number of pyridine rings is 1. The van der Waals surface area contributed by atoms with Crippen molar-refractivity contribution in [2.24, 2.45) is 7.05 Å². The van der Waals surface area contributed by atoms with E-state index in [0.717, 1.165) is 45.2 Å². The lowest BCUT2D eigenvalue weighted by atomic mass is 10.1. The highest BCUT2D eigenvalue weighted by Gasteiger charge is 2.10. The standard InChI is InChI=1S/C24H20N10/c1-32-13-19(11-30-32)18-4-2-17(3-5-18)10-26-23-9-21(28-15-29-23)22-12-27-24-8-20(6-7-33(22)24)34-16-25-14-31-34/h2-9,11-16H,10H2,1H3,(H,26,28,29). The van der Waals surface area contributed by atoms with Crippen molar-refractivity contribution in [2.45, 2.75) is 6.54 Å². The van der Waals surface area contributed by atoms with Crippen LogP contribution in [-0.4, -0.2) is 43.9 Å². The van der Waals surface area contributed by atoms with Gasteiger partial charge in [-0.05, 0) is 17.2 Å². The first-order valence-corrected chi connectivity index (χ1v) is 10.7. The van der Waals surface area contributed by atoms with Crippen LogP contribution in [0.15, 0.2) is 86.2 Å². The molecule has 10 nitrogen and oxygen atoms in total. The first kappa shape index (κ1) is 19.8. The molecule has 1 N–H and O–H groups in total. The van der Waals surface area contributed by atoms with E-state index in [4.69, 9.17) is 0 Å². The molecule has 1 aromatic carbocycles. The molecule has 10 heteroatoms. The molecule has 0 saturated carbocycles. The molecule has 0 aliphatic carbocycles. The quantitative estimate of drug-likeness (QED) is 0.417. The number of imidazole rings is 1. The van der Waals surface area contributed by atoms with Gasteiger partial charge in [0.15, 0.2) is 0 Å². The van der Waals surface area contributed by atoms with Crippen molar-refractivity contribution in [1.82, 2.24) is 43.9 Å². The Morgan fingerprint density at radius 2 is 1.79 bits per heavy atom. The van der Waals surface area contributed by atoms with Gasteiger partial charge < -0.3 is 5.32 Å². The summed E-state index contributed by atoms with van der Waals surface area (Å²) in [4.78, 5) is 17.4. The minimum absolute atomic E-state index is 0.651. The smallest absolute Gasteiger partial charge is 0.139 e. The monoisotopic (exact) mass is 448 g/mol. The highest BCUT2D eigenvalue weighted by molar-refractivity contribution is 5.64. The van der Waals surface area contributed by atoms with E-state index >= 15 is 0 Å². The van der Waals surface area contributed by atoms with Crippen LogP contribution in [0.2, 0.25) is 0 Å². The molecule has 0 amide bonds. The first-order valence-electron chi connectivity index (χ1n) is 10.7. The van der Waals surface area contributed by atoms with Gasteiger partial charge in [-0.1, -0.05) is 24.3 Å². The number of nitrogens with zero attached hydrogens (tertiary/aromatic N) is 9. The molecule has 0 radical (unpaired) electrons. The normalized spacial score (nSPS) is 11.2. The van der Waals surface area contributed by atoms with Gasteiger partial charge in [-0.3, -0.25) is 9.08 Å². The van der Waals surface area contributed by atoms with E-state index in [1.165, 1.54) is 6.33 Å². The number of aryl methyl sites for hydroxylation is 1. The molecule has 0 saturated heterocycles. The molecular formula is C24H20N10. The third-order valence-electron chi connectivity index (χ3n) is 5.58. The minimum Gasteiger partial charge on any atom is -0.366 e. The van der Waals surface area contributed by atoms with E-state index < -0.39 is 0 Å². The lowest BCUT2D eigenvalue weighted by Gasteiger charge is -2.08. The van der Waals surface area contributed by atoms with Crippen molar-refractivity contribution in [3.05, 3.63) is 91.8 Å². The van der Waals surface area contributed by atoms with Crippen LogP contribution in [0.25, 0.3) is 33.8 Å². The molecule has 6 aromatic rings. The van der Waals surface area contributed by atoms with Gasteiger partial charge in [0.2, 0.25) is 0 Å². The molecule has 5 heterocycles. The van der Waals surface area contributed by atoms with E-state index in [9.17, 15) is 0 Å². The summed E-state index contributed by atoms with van der Waals surface area (Å²) in [6.07, 6.45) is 12.4. The number of rotatable bonds is 6. The van der Waals surface area contributed by atoms with Crippen molar-refractivity contribution in [3.8, 4) is 28.2 Å². The predicted octanol–water partition coefficient (Wildman–Crippen LogP) is 3.38. The van der Waals surface area contributed by atoms with Crippen LogP contribution >= 0.6 is 0 Å². The number of anilines is 1. The molecule has 34 heavy (non-hydrogen) atoms. The second-order valence-corrected chi connectivity index (χ2v) is 7.84. The van der Waals surface area contributed by atoms with Gasteiger partial charge >= 0.3 is 0 Å². The Bertz CT molecular complexity index is 1560. The van der Waals surface area contributed by atoms with Gasteiger partial charge in [-0.2, -0.15) is 10.2 Å². The number of fused-ring (bicyclic) bond motifs is 1. The summed E-state index contributed by atoms with van der Waals surface area (Å²) in [5, 5.41) is 11.8. The molecular weight excluding hydrogens is 428 g/mol. The van der Waals surface area contributed by atoms with Gasteiger partial charge in [0, 0.05) is 43.7 Å². The Morgan fingerprint density at radius 1 is 0.882 bits per heavy atom. The first-order chi connectivity index (χ1) is 16.7. The van der Waals surface area contributed by atoms with Crippen LogP contribution in [0.3, 0.4) is 0 Å². The van der Waals surface area contributed by atoms with Crippen LogP contribution in [0.4, 0.5) is 5.82 Å². The number of hydrogen-bond donors (Lipinski definition) is 1. The van der Waals surface area contributed by atoms with E-state index in [1.54, 1.807) is 22.0 Å². The highest BCUT2D eigenvalue weighted by atomic mass is 15.3. The topological polar surface area (TPSA) is 104 Å². The summed E-state index contributed by atoms with van der Waals surface area (Å²) in [5.74, 6) is 0.746. The second-order valence-electron chi connectivity index (χ2n) is 7.84. The van der Waals surface area contributed by atoms with Crippen molar-refractivity contribution in [3.63, 3.8) is 0 Å². The lowest BCUT2D eigenvalue weighted by molar-refractivity contribution is 0.768. The maximum absolute atomic E-state index is 4.54. The third kappa shape index (κ3) is 3.77. The molecule has 0 bridgehead atoms. The van der Waals surface area contributed by atoms with Gasteiger partial charge in [0.25, 0.3) is 0 Å². The Hall–Kier alpha value is -4.86. The predicted molar refractivity (Wildman–Crippen MR) is 127 cm³/mol. The number of nitrogens with one attached hydrogen (secondary N) is 1. The fourth-order valence-electron chi connectivity index (χ4n) is 3.82. The molecule has 166 valence electrons. The largest absolute Gasteiger partial charge is 0.366 e. The van der Waals surface area contributed by atoms with E-state index in [0.29, 0.717) is 6.54 Å². The molecule has 6 rings (SSSR count). The maximum atomic E-state index is 4.54. The van der Waals surface area contributed by atoms with Crippen molar-refractivity contribution < 1.29 is 0 Å². The fraction of sp³-hybridized carbons (Fsp3) is 0.0833. The lowest BCUT2D eigenvalue weighted by Crippen LogP contribution is -2.02. The zero-order chi connectivity index (χ0) is 22.9. The molecule has 5 aromatic heterocycles. The van der Waals surface area contributed by atoms with Crippen LogP contribution in [-0.2, 0) is 13.6 Å². The Morgan fingerprint density at radius 3 is 2.59 bits per heavy atom. The summed E-state index contributed by atoms with van der Waals surface area (Å²) in [6, 6.07) is 14.3. The molecule has 0 fully saturated rings. The second kappa shape index (κ2) is 8.24. The van der Waals surface area contributed by atoms with E-state index in [-0.39, 0.29) is 0 Å². The van der Waals surface area contributed by atoms with Gasteiger partial charge in [-0.25, -0.2) is 24.6 Å². The average Bonchev–Trinajstić information content (AvgIpc) is 3.64. The van der Waals surface area contributed by atoms with Gasteiger partial charge in [-0.15, -0.1) is 0 Å².